The average Bonchev–Trinajstić information content (AvgIpc) is 2.39. The van der Waals surface area contributed by atoms with Crippen molar-refractivity contribution in [2.24, 2.45) is 0 Å². The zero-order valence-electron chi connectivity index (χ0n) is 11.8. The predicted octanol–water partition coefficient (Wildman–Crippen LogP) is 3.09. The van der Waals surface area contributed by atoms with Gasteiger partial charge in [0.05, 0.1) is 0 Å². The van der Waals surface area contributed by atoms with E-state index in [9.17, 15) is 0 Å². The van der Waals surface area contributed by atoms with Crippen LogP contribution in [0.5, 0.6) is 0 Å². The van der Waals surface area contributed by atoms with Crippen molar-refractivity contribution in [2.45, 2.75) is 82.5 Å². The summed E-state index contributed by atoms with van der Waals surface area (Å²) in [6, 6.07) is 3.39. The van der Waals surface area contributed by atoms with Gasteiger partial charge in [-0.1, -0.05) is 25.5 Å². The van der Waals surface area contributed by atoms with Crippen molar-refractivity contribution in [1.29, 1.82) is 0 Å². The quantitative estimate of drug-likeness (QED) is 0.772. The maximum atomic E-state index is 3.70. The van der Waals surface area contributed by atoms with E-state index in [2.05, 4.69) is 29.3 Å². The number of piperidine rings is 2. The highest BCUT2D eigenvalue weighted by Crippen LogP contribution is 2.38. The Bertz CT molecular complexity index is 285. The molecule has 2 saturated heterocycles. The van der Waals surface area contributed by atoms with Crippen molar-refractivity contribution in [2.75, 3.05) is 6.54 Å². The highest BCUT2D eigenvalue weighted by Gasteiger charge is 2.40. The van der Waals surface area contributed by atoms with Gasteiger partial charge in [-0.2, -0.15) is 0 Å². The van der Waals surface area contributed by atoms with Crippen LogP contribution in [0.15, 0.2) is 12.2 Å². The Morgan fingerprint density at radius 3 is 2.44 bits per heavy atom. The normalized spacial score (nSPS) is 40.9. The van der Waals surface area contributed by atoms with Crippen molar-refractivity contribution >= 4 is 0 Å². The Kier molecular flexibility index (Phi) is 4.05. The standard InChI is InChI=1S/C16H28N2/c1-2-17-13-11-15-9-6-10-16(12-13)18(15)14-7-4-3-5-8-14/h3-4,13-17H,2,5-12H2,1H3. The molecule has 0 amide bonds. The highest BCUT2D eigenvalue weighted by atomic mass is 15.2. The Balaban J connectivity index is 1.69. The molecule has 0 aromatic heterocycles. The maximum absolute atomic E-state index is 3.70. The molecule has 3 unspecified atom stereocenters. The van der Waals surface area contributed by atoms with Crippen LogP contribution in [0.3, 0.4) is 0 Å². The smallest absolute Gasteiger partial charge is 0.0139 e. The molecule has 2 bridgehead atoms. The number of fused-ring (bicyclic) bond motifs is 2. The molecule has 2 aliphatic heterocycles. The first-order valence-corrected chi connectivity index (χ1v) is 8.04. The molecule has 2 nitrogen and oxygen atoms in total. The fourth-order valence-electron chi connectivity index (χ4n) is 4.52. The van der Waals surface area contributed by atoms with E-state index < -0.39 is 0 Å². The van der Waals surface area contributed by atoms with Crippen molar-refractivity contribution in [1.82, 2.24) is 10.2 Å². The summed E-state index contributed by atoms with van der Waals surface area (Å²) in [4.78, 5) is 2.93. The van der Waals surface area contributed by atoms with E-state index in [0.29, 0.717) is 0 Å². The van der Waals surface area contributed by atoms with E-state index in [0.717, 1.165) is 30.7 Å². The van der Waals surface area contributed by atoms with E-state index in [4.69, 9.17) is 0 Å². The minimum atomic E-state index is 0.792. The zero-order chi connectivity index (χ0) is 12.4. The van der Waals surface area contributed by atoms with Gasteiger partial charge in [0.2, 0.25) is 0 Å². The SMILES string of the molecule is CCNC1CC2CCCC(C1)N2C1CC=CCC1. The molecule has 1 aliphatic carbocycles. The minimum absolute atomic E-state index is 0.792. The van der Waals surface area contributed by atoms with Crippen molar-refractivity contribution in [3.63, 3.8) is 0 Å². The lowest BCUT2D eigenvalue weighted by Gasteiger charge is -2.52. The molecule has 2 heterocycles. The molecule has 18 heavy (non-hydrogen) atoms. The van der Waals surface area contributed by atoms with Gasteiger partial charge in [-0.15, -0.1) is 0 Å². The molecule has 0 spiro atoms. The van der Waals surface area contributed by atoms with E-state index >= 15 is 0 Å². The summed E-state index contributed by atoms with van der Waals surface area (Å²) >= 11 is 0. The second kappa shape index (κ2) is 5.75. The van der Waals surface area contributed by atoms with Crippen LogP contribution in [0.1, 0.15) is 58.3 Å². The average molecular weight is 248 g/mol. The Morgan fingerprint density at radius 1 is 1.06 bits per heavy atom. The van der Waals surface area contributed by atoms with Crippen LogP contribution >= 0.6 is 0 Å². The van der Waals surface area contributed by atoms with E-state index in [1.54, 1.807) is 0 Å². The van der Waals surface area contributed by atoms with Crippen LogP contribution < -0.4 is 5.32 Å². The van der Waals surface area contributed by atoms with Gasteiger partial charge in [0.25, 0.3) is 0 Å². The van der Waals surface area contributed by atoms with Crippen LogP contribution in [0.2, 0.25) is 0 Å². The van der Waals surface area contributed by atoms with Crippen molar-refractivity contribution < 1.29 is 0 Å². The molecule has 0 aromatic carbocycles. The van der Waals surface area contributed by atoms with Crippen LogP contribution in [0.4, 0.5) is 0 Å². The van der Waals surface area contributed by atoms with E-state index in [-0.39, 0.29) is 0 Å². The molecular formula is C16H28N2. The summed E-state index contributed by atoms with van der Waals surface area (Å²) in [6.45, 7) is 3.38. The summed E-state index contributed by atoms with van der Waals surface area (Å²) in [5.74, 6) is 0. The van der Waals surface area contributed by atoms with Crippen molar-refractivity contribution in [3.05, 3.63) is 12.2 Å². The van der Waals surface area contributed by atoms with Crippen molar-refractivity contribution in [3.8, 4) is 0 Å². The molecule has 3 aliphatic rings. The fraction of sp³-hybridized carbons (Fsp3) is 0.875. The molecule has 102 valence electrons. The number of nitrogens with one attached hydrogen (secondary N) is 1. The van der Waals surface area contributed by atoms with Gasteiger partial charge < -0.3 is 5.32 Å². The molecule has 3 rings (SSSR count). The summed E-state index contributed by atoms with van der Waals surface area (Å²) in [7, 11) is 0. The molecule has 3 atom stereocenters. The Hall–Kier alpha value is -0.340. The number of rotatable bonds is 3. The zero-order valence-corrected chi connectivity index (χ0v) is 11.8. The lowest BCUT2D eigenvalue weighted by atomic mass is 9.79. The van der Waals surface area contributed by atoms with Gasteiger partial charge in [-0.25, -0.2) is 0 Å². The first kappa shape index (κ1) is 12.7. The summed E-state index contributed by atoms with van der Waals surface area (Å²) in [5, 5.41) is 3.70. The van der Waals surface area contributed by atoms with Crippen LogP contribution in [-0.2, 0) is 0 Å². The van der Waals surface area contributed by atoms with Gasteiger partial charge in [0.1, 0.15) is 0 Å². The molecule has 0 saturated carbocycles. The third kappa shape index (κ3) is 2.50. The predicted molar refractivity (Wildman–Crippen MR) is 76.7 cm³/mol. The van der Waals surface area contributed by atoms with E-state index in [1.807, 2.05) is 0 Å². The largest absolute Gasteiger partial charge is 0.314 e. The van der Waals surface area contributed by atoms with Gasteiger partial charge in [-0.3, -0.25) is 4.90 Å². The maximum Gasteiger partial charge on any atom is 0.0139 e. The van der Waals surface area contributed by atoms with Crippen LogP contribution in [0.25, 0.3) is 0 Å². The lowest BCUT2D eigenvalue weighted by Crippen LogP contribution is -2.59. The van der Waals surface area contributed by atoms with E-state index in [1.165, 1.54) is 51.4 Å². The van der Waals surface area contributed by atoms with Crippen LogP contribution in [0, 0.1) is 0 Å². The molecular weight excluding hydrogens is 220 g/mol. The highest BCUT2D eigenvalue weighted by molar-refractivity contribution is 5.02. The lowest BCUT2D eigenvalue weighted by molar-refractivity contribution is -0.0133. The number of nitrogens with zero attached hydrogens (tertiary/aromatic N) is 1. The second-order valence-corrected chi connectivity index (χ2v) is 6.35. The summed E-state index contributed by atoms with van der Waals surface area (Å²) in [5.41, 5.74) is 0. The third-order valence-electron chi connectivity index (χ3n) is 5.19. The van der Waals surface area contributed by atoms with Gasteiger partial charge in [-0.05, 0) is 51.5 Å². The first-order chi connectivity index (χ1) is 8.88. The third-order valence-corrected chi connectivity index (χ3v) is 5.19. The molecule has 2 heteroatoms. The molecule has 2 fully saturated rings. The Labute approximate surface area is 112 Å². The molecule has 0 radical (unpaired) electrons. The summed E-state index contributed by atoms with van der Waals surface area (Å²) < 4.78 is 0. The molecule has 0 aromatic rings. The van der Waals surface area contributed by atoms with Gasteiger partial charge >= 0.3 is 0 Å². The second-order valence-electron chi connectivity index (χ2n) is 6.35. The fourth-order valence-corrected chi connectivity index (χ4v) is 4.52. The molecule has 1 N–H and O–H groups in total. The number of allylic oxidation sites excluding steroid dienone is 1. The number of hydrogen-bond acceptors (Lipinski definition) is 2. The van der Waals surface area contributed by atoms with Gasteiger partial charge in [0, 0.05) is 24.2 Å². The summed E-state index contributed by atoms with van der Waals surface area (Å²) in [6.07, 6.45) is 15.9. The van der Waals surface area contributed by atoms with Crippen LogP contribution in [-0.4, -0.2) is 35.6 Å². The minimum Gasteiger partial charge on any atom is -0.314 e. The first-order valence-electron chi connectivity index (χ1n) is 8.04. The number of hydrogen-bond donors (Lipinski definition) is 1. The Morgan fingerprint density at radius 2 is 1.83 bits per heavy atom. The monoisotopic (exact) mass is 248 g/mol. The van der Waals surface area contributed by atoms with Gasteiger partial charge in [0.15, 0.2) is 0 Å². The topological polar surface area (TPSA) is 15.3 Å².